The zero-order valence-corrected chi connectivity index (χ0v) is 38.1. The maximum absolute atomic E-state index is 12.3. The Balaban J connectivity index is 0.000000120. The molecule has 12 rings (SSSR count). The van der Waals surface area contributed by atoms with Gasteiger partial charge in [0.15, 0.2) is 11.6 Å². The molecule has 0 spiro atoms. The van der Waals surface area contributed by atoms with Crippen LogP contribution in [-0.2, 0) is 0 Å². The molecule has 0 unspecified atom stereocenters. The molecule has 0 fully saturated rings. The molecule has 21 heteroatoms. The van der Waals surface area contributed by atoms with Crippen molar-refractivity contribution in [3.8, 4) is 51.8 Å². The molecule has 0 atom stereocenters. The number of nitrogens with zero attached hydrogens (tertiary/aromatic N) is 12. The van der Waals surface area contributed by atoms with Gasteiger partial charge < -0.3 is 17.8 Å². The highest BCUT2D eigenvalue weighted by atomic mass is 79.9. The second kappa shape index (κ2) is 19.2. The highest BCUT2D eigenvalue weighted by Crippen LogP contribution is 2.29. The smallest absolute Gasteiger partial charge is 0.348 e. The standard InChI is InChI=1S/C16H9BrN4O2.2C16H9ClN4O2/c2*17-11-4-1-5-12-13(11)16(22)23-15(20-12)10-3-2-6-19-14(10)21-8-7-18-9-21;17-10-3-1-4-11-13(10)16(22)23-15(20-11)14-12(5-2-6-19-14)21-8-7-18-9-21/h3*1-9H. The normalized spacial score (nSPS) is 11.0. The average molecular weight is 1020 g/mol. The molecule has 0 radical (unpaired) electrons. The van der Waals surface area contributed by atoms with Crippen molar-refractivity contribution in [2.45, 2.75) is 0 Å². The van der Waals surface area contributed by atoms with Crippen LogP contribution in [0.15, 0.2) is 198 Å². The Morgan fingerprint density at radius 2 is 0.884 bits per heavy atom. The number of fused-ring (bicyclic) bond motifs is 3. The summed E-state index contributed by atoms with van der Waals surface area (Å²) in [5, 5.41) is 1.58. The van der Waals surface area contributed by atoms with Crippen molar-refractivity contribution in [3.05, 3.63) is 212 Å². The zero-order chi connectivity index (χ0) is 47.4. The molecule has 0 aliphatic rings. The fraction of sp³-hybridized carbons (Fsp3) is 0. The van der Waals surface area contributed by atoms with E-state index in [-0.39, 0.29) is 28.4 Å². The number of rotatable bonds is 6. The van der Waals surface area contributed by atoms with Crippen LogP contribution in [0.25, 0.3) is 84.5 Å². The lowest BCUT2D eigenvalue weighted by molar-refractivity contribution is 0.515. The average Bonchev–Trinajstić information content (AvgIpc) is 4.21. The van der Waals surface area contributed by atoms with Crippen molar-refractivity contribution < 1.29 is 13.3 Å². The summed E-state index contributed by atoms with van der Waals surface area (Å²) in [5.74, 6) is 1.70. The lowest BCUT2D eigenvalue weighted by atomic mass is 10.2. The zero-order valence-electron chi connectivity index (χ0n) is 35.0. The molecule has 18 nitrogen and oxygen atoms in total. The van der Waals surface area contributed by atoms with Gasteiger partial charge in [0.1, 0.15) is 34.5 Å². The van der Waals surface area contributed by atoms with Crippen LogP contribution in [0.4, 0.5) is 0 Å². The first-order valence-corrected chi connectivity index (χ1v) is 21.9. The summed E-state index contributed by atoms with van der Waals surface area (Å²) in [6.45, 7) is 0. The van der Waals surface area contributed by atoms with Gasteiger partial charge in [-0.25, -0.2) is 59.2 Å². The third-order valence-electron chi connectivity index (χ3n) is 10.1. The van der Waals surface area contributed by atoms with Gasteiger partial charge >= 0.3 is 16.9 Å². The molecule has 0 aliphatic heterocycles. The van der Waals surface area contributed by atoms with Crippen molar-refractivity contribution >= 4 is 71.8 Å². The maximum atomic E-state index is 12.3. The fourth-order valence-corrected chi connectivity index (χ4v) is 8.06. The predicted molar refractivity (Wildman–Crippen MR) is 260 cm³/mol. The highest BCUT2D eigenvalue weighted by Gasteiger charge is 2.19. The summed E-state index contributed by atoms with van der Waals surface area (Å²) in [6, 6.07) is 26.3. The van der Waals surface area contributed by atoms with Crippen molar-refractivity contribution in [2.24, 2.45) is 0 Å². The number of imidazole rings is 3. The molecule has 336 valence electrons. The van der Waals surface area contributed by atoms with Crippen LogP contribution in [0, 0.1) is 0 Å². The summed E-state index contributed by atoms with van der Waals surface area (Å²) in [5.41, 5.74) is 2.34. The van der Waals surface area contributed by atoms with Crippen LogP contribution in [0.5, 0.6) is 0 Å². The number of pyridine rings is 3. The number of hydrogen-bond acceptors (Lipinski definition) is 15. The summed E-state index contributed by atoms with van der Waals surface area (Å²) in [6.07, 6.45) is 20.0. The monoisotopic (exact) mass is 1020 g/mol. The summed E-state index contributed by atoms with van der Waals surface area (Å²) >= 11 is 15.4. The first kappa shape index (κ1) is 44.1. The van der Waals surface area contributed by atoms with E-state index in [0.717, 1.165) is 0 Å². The Labute approximate surface area is 405 Å². The molecule has 9 heterocycles. The molecule has 0 saturated carbocycles. The lowest BCUT2D eigenvalue weighted by Crippen LogP contribution is -2.06. The van der Waals surface area contributed by atoms with E-state index in [1.54, 1.807) is 167 Å². The van der Waals surface area contributed by atoms with Crippen LogP contribution in [0.1, 0.15) is 0 Å². The molecule has 0 aliphatic carbocycles. The minimum absolute atomic E-state index is 0.133. The molecule has 0 saturated heterocycles. The predicted octanol–water partition coefficient (Wildman–Crippen LogP) is 9.38. The largest absolute Gasteiger partial charge is 0.403 e. The van der Waals surface area contributed by atoms with Crippen molar-refractivity contribution in [2.75, 3.05) is 0 Å². The second-order valence-corrected chi connectivity index (χ2v) is 16.0. The molecular formula is C48H27BrCl2N12O6. The molecular weight excluding hydrogens is 991 g/mol. The third-order valence-corrected chi connectivity index (χ3v) is 11.4. The van der Waals surface area contributed by atoms with Gasteiger partial charge in [-0.3, -0.25) is 9.13 Å². The molecule has 12 aromatic rings. The Bertz CT molecular complexity index is 3590. The SMILES string of the molecule is O=c1oc(-c2cccnc2-n2ccnc2)nc2cccc(Br)c12.O=c1oc(-c2cccnc2-n2ccnc2)nc2cccc(Cl)c12.O=c1oc(-c2ncccc2-n2ccnc2)nc2cccc(Cl)c12. The van der Waals surface area contributed by atoms with Crippen molar-refractivity contribution in [3.63, 3.8) is 0 Å². The van der Waals surface area contributed by atoms with E-state index in [4.69, 9.17) is 36.5 Å². The van der Waals surface area contributed by atoms with Crippen LogP contribution in [-0.4, -0.2) is 58.6 Å². The van der Waals surface area contributed by atoms with Gasteiger partial charge in [0.25, 0.3) is 5.89 Å². The van der Waals surface area contributed by atoms with E-state index in [1.807, 2.05) is 12.1 Å². The van der Waals surface area contributed by atoms with E-state index in [9.17, 15) is 14.4 Å². The highest BCUT2D eigenvalue weighted by molar-refractivity contribution is 9.10. The topological polar surface area (TPSA) is 221 Å². The molecule has 69 heavy (non-hydrogen) atoms. The number of aromatic nitrogens is 12. The van der Waals surface area contributed by atoms with Crippen LogP contribution in [0.3, 0.4) is 0 Å². The fourth-order valence-electron chi connectivity index (χ4n) is 7.05. The Hall–Kier alpha value is -8.78. The summed E-state index contributed by atoms with van der Waals surface area (Å²) < 4.78 is 22.0. The van der Waals surface area contributed by atoms with Gasteiger partial charge in [-0.15, -0.1) is 0 Å². The van der Waals surface area contributed by atoms with Crippen LogP contribution in [0.2, 0.25) is 10.0 Å². The lowest BCUT2D eigenvalue weighted by Gasteiger charge is -2.08. The van der Waals surface area contributed by atoms with Crippen LogP contribution < -0.4 is 16.9 Å². The molecule has 0 amide bonds. The number of benzene rings is 3. The minimum atomic E-state index is -0.544. The first-order chi connectivity index (χ1) is 33.7. The maximum Gasteiger partial charge on any atom is 0.348 e. The van der Waals surface area contributed by atoms with Gasteiger partial charge in [0, 0.05) is 60.2 Å². The van der Waals surface area contributed by atoms with Crippen molar-refractivity contribution in [1.82, 2.24) is 58.6 Å². The van der Waals surface area contributed by atoms with E-state index in [0.29, 0.717) is 70.6 Å². The van der Waals surface area contributed by atoms with E-state index < -0.39 is 16.9 Å². The van der Waals surface area contributed by atoms with Crippen molar-refractivity contribution in [1.29, 1.82) is 0 Å². The first-order valence-electron chi connectivity index (χ1n) is 20.3. The van der Waals surface area contributed by atoms with Gasteiger partial charge in [-0.2, -0.15) is 0 Å². The molecule has 3 aromatic carbocycles. The van der Waals surface area contributed by atoms with E-state index in [1.165, 1.54) is 0 Å². The Morgan fingerprint density at radius 1 is 0.449 bits per heavy atom. The Kier molecular flexibility index (Phi) is 12.3. The van der Waals surface area contributed by atoms with Gasteiger partial charge in [0.2, 0.25) is 11.8 Å². The van der Waals surface area contributed by atoms with Gasteiger partial charge in [-0.1, -0.05) is 41.4 Å². The third kappa shape index (κ3) is 8.95. The molecule has 9 aromatic heterocycles. The summed E-state index contributed by atoms with van der Waals surface area (Å²) in [4.78, 5) is 75.1. The minimum Gasteiger partial charge on any atom is -0.403 e. The quantitative estimate of drug-likeness (QED) is 0.151. The van der Waals surface area contributed by atoms with Gasteiger partial charge in [-0.05, 0) is 88.7 Å². The number of halogens is 3. The summed E-state index contributed by atoms with van der Waals surface area (Å²) in [7, 11) is 0. The van der Waals surface area contributed by atoms with Gasteiger partial charge in [0.05, 0.1) is 49.7 Å². The van der Waals surface area contributed by atoms with Crippen LogP contribution >= 0.6 is 39.1 Å². The Morgan fingerprint density at radius 3 is 1.41 bits per heavy atom. The molecule has 0 bridgehead atoms. The molecule has 0 N–H and O–H groups in total. The number of hydrogen-bond donors (Lipinski definition) is 0. The van der Waals surface area contributed by atoms with E-state index >= 15 is 0 Å². The second-order valence-electron chi connectivity index (χ2n) is 14.4. The van der Waals surface area contributed by atoms with E-state index in [2.05, 4.69) is 60.8 Å².